The molecular weight excluding hydrogens is 341 g/mol. The standard InChI is InChI=1S/C16H17F3N2O4/c1-9(22)21-7-10(5-6-13(21)16(17,18)19)20-15(23)11-3-2-4-12-14(11)25-8-24-12/h2-4,10,13H,5-8H2,1H3,(H,20,23). The zero-order chi connectivity index (χ0) is 18.2. The van der Waals surface area contributed by atoms with Crippen molar-refractivity contribution in [2.24, 2.45) is 0 Å². The number of para-hydroxylation sites is 1. The number of alkyl halides is 3. The second-order valence-corrected chi connectivity index (χ2v) is 6.02. The summed E-state index contributed by atoms with van der Waals surface area (Å²) in [5, 5.41) is 2.69. The van der Waals surface area contributed by atoms with E-state index in [4.69, 9.17) is 9.47 Å². The van der Waals surface area contributed by atoms with Crippen LogP contribution >= 0.6 is 0 Å². The van der Waals surface area contributed by atoms with Crippen LogP contribution in [0.5, 0.6) is 11.5 Å². The molecule has 6 nitrogen and oxygen atoms in total. The molecule has 9 heteroatoms. The molecule has 0 bridgehead atoms. The predicted octanol–water partition coefficient (Wildman–Crippen LogP) is 2.09. The molecule has 2 aliphatic heterocycles. The molecule has 1 saturated heterocycles. The van der Waals surface area contributed by atoms with Crippen molar-refractivity contribution in [1.29, 1.82) is 0 Å². The molecule has 1 fully saturated rings. The molecule has 1 aromatic carbocycles. The van der Waals surface area contributed by atoms with Gasteiger partial charge in [-0.05, 0) is 25.0 Å². The third-order valence-electron chi connectivity index (χ3n) is 4.34. The highest BCUT2D eigenvalue weighted by atomic mass is 19.4. The number of hydrogen-bond acceptors (Lipinski definition) is 4. The second kappa shape index (κ2) is 6.45. The first kappa shape index (κ1) is 17.4. The molecule has 0 aromatic heterocycles. The number of rotatable bonds is 2. The molecule has 2 unspecified atom stereocenters. The number of piperidine rings is 1. The monoisotopic (exact) mass is 358 g/mol. The molecule has 0 aliphatic carbocycles. The van der Waals surface area contributed by atoms with Crippen molar-refractivity contribution in [2.45, 2.75) is 38.0 Å². The van der Waals surface area contributed by atoms with E-state index in [-0.39, 0.29) is 31.7 Å². The number of likely N-dealkylation sites (tertiary alicyclic amines) is 1. The Morgan fingerprint density at radius 3 is 2.68 bits per heavy atom. The fourth-order valence-electron chi connectivity index (χ4n) is 3.15. The van der Waals surface area contributed by atoms with Crippen LogP contribution in [-0.4, -0.2) is 48.3 Å². The van der Waals surface area contributed by atoms with E-state index in [1.165, 1.54) is 0 Å². The van der Waals surface area contributed by atoms with Gasteiger partial charge in [-0.15, -0.1) is 0 Å². The summed E-state index contributed by atoms with van der Waals surface area (Å²) in [5.41, 5.74) is 0.252. The van der Waals surface area contributed by atoms with Crippen molar-refractivity contribution in [3.8, 4) is 11.5 Å². The van der Waals surface area contributed by atoms with Gasteiger partial charge in [-0.25, -0.2) is 0 Å². The van der Waals surface area contributed by atoms with E-state index >= 15 is 0 Å². The smallest absolute Gasteiger partial charge is 0.408 e. The Bertz CT molecular complexity index is 692. The van der Waals surface area contributed by atoms with E-state index in [0.29, 0.717) is 11.5 Å². The predicted molar refractivity (Wildman–Crippen MR) is 80.3 cm³/mol. The second-order valence-electron chi connectivity index (χ2n) is 6.02. The largest absolute Gasteiger partial charge is 0.454 e. The molecule has 0 saturated carbocycles. The van der Waals surface area contributed by atoms with Gasteiger partial charge in [0.25, 0.3) is 5.91 Å². The zero-order valence-electron chi connectivity index (χ0n) is 13.4. The Morgan fingerprint density at radius 1 is 1.24 bits per heavy atom. The quantitative estimate of drug-likeness (QED) is 0.879. The van der Waals surface area contributed by atoms with Crippen LogP contribution in [0.2, 0.25) is 0 Å². The van der Waals surface area contributed by atoms with Crippen LogP contribution in [-0.2, 0) is 4.79 Å². The minimum atomic E-state index is -4.48. The fraction of sp³-hybridized carbons (Fsp3) is 0.500. The van der Waals surface area contributed by atoms with Crippen molar-refractivity contribution >= 4 is 11.8 Å². The minimum absolute atomic E-state index is 0.00837. The molecule has 2 heterocycles. The number of carbonyl (C=O) groups is 2. The van der Waals surface area contributed by atoms with Gasteiger partial charge >= 0.3 is 6.18 Å². The molecule has 1 aromatic rings. The highest BCUT2D eigenvalue weighted by molar-refractivity contribution is 5.98. The third kappa shape index (κ3) is 3.49. The first-order valence-electron chi connectivity index (χ1n) is 7.80. The normalized spacial score (nSPS) is 22.6. The Kier molecular flexibility index (Phi) is 4.49. The lowest BCUT2D eigenvalue weighted by atomic mass is 9.97. The van der Waals surface area contributed by atoms with Gasteiger partial charge in [0.2, 0.25) is 12.7 Å². The van der Waals surface area contributed by atoms with E-state index < -0.39 is 30.1 Å². The first-order valence-corrected chi connectivity index (χ1v) is 7.80. The summed E-state index contributed by atoms with van der Waals surface area (Å²) in [7, 11) is 0. The number of benzene rings is 1. The van der Waals surface area contributed by atoms with Gasteiger partial charge in [0, 0.05) is 19.5 Å². The van der Waals surface area contributed by atoms with E-state index in [2.05, 4.69) is 5.32 Å². The first-order chi connectivity index (χ1) is 11.8. The average molecular weight is 358 g/mol. The van der Waals surface area contributed by atoms with Gasteiger partial charge in [-0.2, -0.15) is 13.2 Å². The summed E-state index contributed by atoms with van der Waals surface area (Å²) < 4.78 is 49.6. The van der Waals surface area contributed by atoms with E-state index in [0.717, 1.165) is 11.8 Å². The molecule has 3 rings (SSSR count). The Hall–Kier alpha value is -2.45. The molecular formula is C16H17F3N2O4. The summed E-state index contributed by atoms with van der Waals surface area (Å²) >= 11 is 0. The summed E-state index contributed by atoms with van der Waals surface area (Å²) in [6, 6.07) is 2.46. The highest BCUT2D eigenvalue weighted by Gasteiger charge is 2.47. The number of fused-ring (bicyclic) bond motifs is 1. The number of carbonyl (C=O) groups excluding carboxylic acids is 2. The lowest BCUT2D eigenvalue weighted by Gasteiger charge is -2.40. The molecule has 0 spiro atoms. The SMILES string of the molecule is CC(=O)N1CC(NC(=O)c2cccc3c2OCO3)CCC1C(F)(F)F. The van der Waals surface area contributed by atoms with Crippen LogP contribution in [0.3, 0.4) is 0 Å². The topological polar surface area (TPSA) is 67.9 Å². The van der Waals surface area contributed by atoms with Gasteiger partial charge in [0.15, 0.2) is 11.5 Å². The number of halogens is 3. The van der Waals surface area contributed by atoms with Gasteiger partial charge in [0.05, 0.1) is 5.56 Å². The third-order valence-corrected chi connectivity index (χ3v) is 4.34. The van der Waals surface area contributed by atoms with Gasteiger partial charge in [-0.3, -0.25) is 9.59 Å². The molecule has 1 N–H and O–H groups in total. The maximum atomic E-state index is 13.0. The fourth-order valence-corrected chi connectivity index (χ4v) is 3.15. The molecule has 2 atom stereocenters. The average Bonchev–Trinajstić information content (AvgIpc) is 3.02. The number of nitrogens with one attached hydrogen (secondary N) is 1. The van der Waals surface area contributed by atoms with E-state index in [1.807, 2.05) is 0 Å². The number of ether oxygens (including phenoxy) is 2. The molecule has 2 amide bonds. The molecule has 0 radical (unpaired) electrons. The Balaban J connectivity index is 1.71. The van der Waals surface area contributed by atoms with Crippen LogP contribution in [0.15, 0.2) is 18.2 Å². The lowest BCUT2D eigenvalue weighted by Crippen LogP contribution is -2.57. The van der Waals surface area contributed by atoms with Crippen molar-refractivity contribution < 1.29 is 32.2 Å². The Morgan fingerprint density at radius 2 is 2.00 bits per heavy atom. The molecule has 136 valence electrons. The van der Waals surface area contributed by atoms with E-state index in [9.17, 15) is 22.8 Å². The summed E-state index contributed by atoms with van der Waals surface area (Å²) in [4.78, 5) is 24.8. The maximum absolute atomic E-state index is 13.0. The van der Waals surface area contributed by atoms with Crippen LogP contribution < -0.4 is 14.8 Å². The summed E-state index contributed by atoms with van der Waals surface area (Å²) in [6.07, 6.45) is -4.60. The zero-order valence-corrected chi connectivity index (χ0v) is 13.4. The van der Waals surface area contributed by atoms with Crippen LogP contribution in [0, 0.1) is 0 Å². The summed E-state index contributed by atoms with van der Waals surface area (Å²) in [6.45, 7) is 0.921. The van der Waals surface area contributed by atoms with Crippen molar-refractivity contribution in [3.05, 3.63) is 23.8 Å². The Labute approximate surface area is 141 Å². The number of nitrogens with zero attached hydrogens (tertiary/aromatic N) is 1. The molecule has 25 heavy (non-hydrogen) atoms. The van der Waals surface area contributed by atoms with Crippen LogP contribution in [0.25, 0.3) is 0 Å². The van der Waals surface area contributed by atoms with Crippen molar-refractivity contribution in [3.63, 3.8) is 0 Å². The van der Waals surface area contributed by atoms with Gasteiger partial charge < -0.3 is 19.7 Å². The van der Waals surface area contributed by atoms with Crippen molar-refractivity contribution in [1.82, 2.24) is 10.2 Å². The summed E-state index contributed by atoms with van der Waals surface area (Å²) in [5.74, 6) is -0.383. The van der Waals surface area contributed by atoms with Gasteiger partial charge in [0.1, 0.15) is 6.04 Å². The van der Waals surface area contributed by atoms with Crippen molar-refractivity contribution in [2.75, 3.05) is 13.3 Å². The van der Waals surface area contributed by atoms with Gasteiger partial charge in [-0.1, -0.05) is 6.07 Å². The van der Waals surface area contributed by atoms with E-state index in [1.54, 1.807) is 18.2 Å². The molecule has 2 aliphatic rings. The minimum Gasteiger partial charge on any atom is -0.454 e. The van der Waals surface area contributed by atoms with Crippen LogP contribution in [0.1, 0.15) is 30.1 Å². The lowest BCUT2D eigenvalue weighted by molar-refractivity contribution is -0.196. The highest BCUT2D eigenvalue weighted by Crippen LogP contribution is 2.36. The number of amides is 2. The number of hydrogen-bond donors (Lipinski definition) is 1. The maximum Gasteiger partial charge on any atom is 0.408 e. The van der Waals surface area contributed by atoms with Crippen LogP contribution in [0.4, 0.5) is 13.2 Å².